The predicted octanol–water partition coefficient (Wildman–Crippen LogP) is -4.12. The molecule has 3 aromatic carbocycles. The summed E-state index contributed by atoms with van der Waals surface area (Å²) < 4.78 is 62.9. The maximum atomic E-state index is 14.7. The van der Waals surface area contributed by atoms with Crippen LogP contribution in [-0.2, 0) is 38.0 Å². The molecule has 0 bridgehead atoms. The van der Waals surface area contributed by atoms with E-state index in [9.17, 15) is 86.2 Å². The highest BCUT2D eigenvalue weighted by molar-refractivity contribution is 5.89. The van der Waals surface area contributed by atoms with Gasteiger partial charge in [-0.3, -0.25) is 4.79 Å². The van der Waals surface area contributed by atoms with E-state index >= 15 is 0 Å². The second-order valence-corrected chi connectivity index (χ2v) is 18.4. The average Bonchev–Trinajstić information content (AvgIpc) is 3.42. The number of benzene rings is 3. The topological polar surface area (TPSA) is 443 Å². The quantitative estimate of drug-likeness (QED) is 0.0374. The number of carbonyl (C=O) groups excluding carboxylic acids is 1. The minimum Gasteiger partial charge on any atom is -0.508 e. The largest absolute Gasteiger partial charge is 0.508 e. The van der Waals surface area contributed by atoms with E-state index in [0.29, 0.717) is 5.56 Å². The van der Waals surface area contributed by atoms with Crippen LogP contribution in [0.4, 0.5) is 0 Å². The number of hydrogen-bond acceptors (Lipinski definition) is 28. The van der Waals surface area contributed by atoms with E-state index in [-0.39, 0.29) is 28.6 Å². The molecule has 0 saturated carbocycles. The predicted molar refractivity (Wildman–Crippen MR) is 251 cm³/mol. The fraction of sp³-hybridized carbons (Fsp3) is 0.510. The Morgan fingerprint density at radius 3 is 1.91 bits per heavy atom. The first-order valence-corrected chi connectivity index (χ1v) is 23.8. The molecule has 20 atom stereocenters. The van der Waals surface area contributed by atoms with Crippen LogP contribution in [0.15, 0.2) is 69.9 Å². The summed E-state index contributed by atoms with van der Waals surface area (Å²) in [5, 5.41) is 159. The number of esters is 1. The Balaban J connectivity index is 1.11. The Hall–Kier alpha value is -5.84. The lowest BCUT2D eigenvalue weighted by atomic mass is 9.96. The van der Waals surface area contributed by atoms with Gasteiger partial charge >= 0.3 is 5.97 Å². The van der Waals surface area contributed by atoms with Gasteiger partial charge in [-0.15, -0.1) is 0 Å². The molecule has 0 amide bonds. The molecule has 28 heteroatoms. The molecule has 4 aliphatic heterocycles. The fourth-order valence-electron chi connectivity index (χ4n) is 8.88. The van der Waals surface area contributed by atoms with E-state index in [1.165, 1.54) is 62.6 Å². The minimum absolute atomic E-state index is 0.000222. The van der Waals surface area contributed by atoms with Crippen LogP contribution in [0.2, 0.25) is 0 Å². The van der Waals surface area contributed by atoms with E-state index in [1.54, 1.807) is 0 Å². The van der Waals surface area contributed by atoms with Crippen molar-refractivity contribution >= 4 is 23.0 Å². The van der Waals surface area contributed by atoms with Crippen molar-refractivity contribution in [1.82, 2.24) is 0 Å². The number of aliphatic hydroxyl groups excluding tert-OH is 12. The highest BCUT2D eigenvalue weighted by atomic mass is 16.8. The molecule has 0 radical (unpaired) electrons. The van der Waals surface area contributed by atoms with Gasteiger partial charge < -0.3 is 128 Å². The normalized spacial score (nSPS) is 35.7. The maximum absolute atomic E-state index is 14.7. The number of aromatic hydroxyl groups is 3. The molecular weight excluding hydrogens is 1040 g/mol. The van der Waals surface area contributed by atoms with Crippen LogP contribution in [0.5, 0.6) is 34.5 Å². The Morgan fingerprint density at radius 1 is 0.623 bits per heavy atom. The number of hydrogen-bond donors (Lipinski definition) is 15. The van der Waals surface area contributed by atoms with Gasteiger partial charge in [0.2, 0.25) is 23.8 Å². The molecule has 8 rings (SSSR count). The van der Waals surface area contributed by atoms with Crippen molar-refractivity contribution in [3.8, 4) is 45.8 Å². The van der Waals surface area contributed by atoms with E-state index in [2.05, 4.69) is 0 Å². The van der Waals surface area contributed by atoms with Gasteiger partial charge in [-0.25, -0.2) is 4.79 Å². The lowest BCUT2D eigenvalue weighted by Gasteiger charge is -2.46. The van der Waals surface area contributed by atoms with Gasteiger partial charge in [0.25, 0.3) is 0 Å². The van der Waals surface area contributed by atoms with Crippen molar-refractivity contribution in [1.29, 1.82) is 0 Å². The molecule has 0 spiro atoms. The van der Waals surface area contributed by atoms with Gasteiger partial charge in [0.1, 0.15) is 114 Å². The summed E-state index contributed by atoms with van der Waals surface area (Å²) in [5.74, 6) is -3.95. The van der Waals surface area contributed by atoms with E-state index < -0.39 is 182 Å². The molecule has 0 unspecified atom stereocenters. The standard InChI is InChI=1S/C49H58O28/c1-17-31(56)35(60)39(64)46(69-17)68-16-28-43(76-47-40(65)36(61)32(57)26(14-50)72-47)38(63)41(66)48(74-28)77-44-34(59)30-23(54)12-21(13-25(30)71-42(44)19-5-7-20(52)8-6-19)70-49-45(37(62)33(58)27(15-51)73-49)75-29(55)10-4-18-3-9-22(53)24(11-18)67-2/h3-13,17,26-28,31-33,35-41,43,45-54,56-58,60-66H,14-16H2,1-2H3/b10-4+/t17-,26+,27+,28+,31-,32+,33+,35+,36-,37-,38+,39+,40+,41+,43+,45+,46+,47-,48-,49+/m0/s1. The fourth-order valence-corrected chi connectivity index (χ4v) is 8.88. The molecule has 4 aromatic rings. The summed E-state index contributed by atoms with van der Waals surface area (Å²) in [6, 6.07) is 11.0. The van der Waals surface area contributed by atoms with Crippen molar-refractivity contribution in [2.24, 2.45) is 0 Å². The molecule has 0 aliphatic carbocycles. The summed E-state index contributed by atoms with van der Waals surface area (Å²) in [6.07, 6.45) is -34.1. The van der Waals surface area contributed by atoms with Gasteiger partial charge in [-0.05, 0) is 55.0 Å². The van der Waals surface area contributed by atoms with E-state index in [0.717, 1.165) is 18.2 Å². The number of carbonyl (C=O) groups is 1. The van der Waals surface area contributed by atoms with Crippen LogP contribution >= 0.6 is 0 Å². The molecule has 77 heavy (non-hydrogen) atoms. The zero-order chi connectivity index (χ0) is 55.7. The van der Waals surface area contributed by atoms with Gasteiger partial charge in [-0.1, -0.05) is 6.07 Å². The Morgan fingerprint density at radius 2 is 1.23 bits per heavy atom. The summed E-state index contributed by atoms with van der Waals surface area (Å²) >= 11 is 0. The third-order valence-corrected chi connectivity index (χ3v) is 13.2. The van der Waals surface area contributed by atoms with E-state index in [4.69, 9.17) is 51.8 Å². The van der Waals surface area contributed by atoms with Crippen molar-refractivity contribution < 1.29 is 133 Å². The van der Waals surface area contributed by atoms with Gasteiger partial charge in [0.05, 0.1) is 33.0 Å². The van der Waals surface area contributed by atoms with Gasteiger partial charge in [-0.2, -0.15) is 0 Å². The lowest BCUT2D eigenvalue weighted by Crippen LogP contribution is -2.65. The van der Waals surface area contributed by atoms with E-state index in [1.807, 2.05) is 0 Å². The molecular formula is C49H58O28. The van der Waals surface area contributed by atoms with Crippen LogP contribution < -0.4 is 19.6 Å². The first-order chi connectivity index (χ1) is 36.6. The number of phenolic OH excluding ortho intramolecular Hbond substituents is 3. The third kappa shape index (κ3) is 11.9. The average molecular weight is 1090 g/mol. The van der Waals surface area contributed by atoms with Crippen LogP contribution in [-0.4, -0.2) is 232 Å². The highest BCUT2D eigenvalue weighted by Crippen LogP contribution is 2.40. The zero-order valence-corrected chi connectivity index (χ0v) is 40.5. The zero-order valence-electron chi connectivity index (χ0n) is 40.5. The highest BCUT2D eigenvalue weighted by Gasteiger charge is 2.53. The first kappa shape index (κ1) is 57.3. The summed E-state index contributed by atoms with van der Waals surface area (Å²) in [4.78, 5) is 27.8. The van der Waals surface area contributed by atoms with Crippen LogP contribution in [0.25, 0.3) is 28.4 Å². The Bertz CT molecular complexity index is 2750. The number of aliphatic hydroxyl groups is 12. The second-order valence-electron chi connectivity index (χ2n) is 18.4. The summed E-state index contributed by atoms with van der Waals surface area (Å²) in [7, 11) is 1.32. The Kier molecular flexibility index (Phi) is 17.9. The molecule has 28 nitrogen and oxygen atoms in total. The minimum atomic E-state index is -2.23. The molecule has 4 saturated heterocycles. The van der Waals surface area contributed by atoms with Crippen LogP contribution in [0.1, 0.15) is 12.5 Å². The number of rotatable bonds is 16. The number of phenols is 3. The molecule has 5 heterocycles. The third-order valence-electron chi connectivity index (χ3n) is 13.2. The van der Waals surface area contributed by atoms with Crippen molar-refractivity contribution in [2.75, 3.05) is 26.9 Å². The molecule has 15 N–H and O–H groups in total. The van der Waals surface area contributed by atoms with Crippen LogP contribution in [0, 0.1) is 0 Å². The number of methoxy groups -OCH3 is 1. The second kappa shape index (κ2) is 24.0. The monoisotopic (exact) mass is 1090 g/mol. The summed E-state index contributed by atoms with van der Waals surface area (Å²) in [5.41, 5.74) is -1.24. The maximum Gasteiger partial charge on any atom is 0.331 e. The van der Waals surface area contributed by atoms with Gasteiger partial charge in [0.15, 0.2) is 35.9 Å². The lowest BCUT2D eigenvalue weighted by molar-refractivity contribution is -0.359. The van der Waals surface area contributed by atoms with Crippen LogP contribution in [0.3, 0.4) is 0 Å². The molecule has 422 valence electrons. The molecule has 4 fully saturated rings. The number of ether oxygens (including phenoxy) is 10. The summed E-state index contributed by atoms with van der Waals surface area (Å²) in [6.45, 7) is -1.19. The number of fused-ring (bicyclic) bond motifs is 1. The Labute approximate surface area is 434 Å². The van der Waals surface area contributed by atoms with Crippen molar-refractivity contribution in [2.45, 2.75) is 130 Å². The first-order valence-electron chi connectivity index (χ1n) is 23.8. The van der Waals surface area contributed by atoms with Crippen molar-refractivity contribution in [3.63, 3.8) is 0 Å². The smallest absolute Gasteiger partial charge is 0.331 e. The van der Waals surface area contributed by atoms with Crippen molar-refractivity contribution in [3.05, 3.63) is 76.5 Å². The molecule has 1 aromatic heterocycles. The SMILES string of the molecule is COc1cc(/C=C/C(=O)O[C@H]2[C@H](Oc3cc(O)c4c(=O)c(O[C@@H]5O[C@H](CO[C@@H]6O[C@@H](C)[C@H](O)[C@@H](O)[C@H]6O)[C@@H](O[C@@H]6O[C@H](CO)[C@@H](O)[C@H](O)[C@H]6O)[C@H](O)[C@H]5O)c(-c5ccc(O)cc5)oc4c3)O[C@H](CO)[C@@H](O)[C@@H]2O)ccc1O. The molecule has 4 aliphatic rings. The van der Waals surface area contributed by atoms with Gasteiger partial charge in [0, 0.05) is 23.8 Å².